The Morgan fingerprint density at radius 1 is 1.12 bits per heavy atom. The zero-order valence-corrected chi connectivity index (χ0v) is 19.2. The molecule has 2 aromatic carbocycles. The van der Waals surface area contributed by atoms with Gasteiger partial charge in [0.1, 0.15) is 5.58 Å². The molecule has 2 heterocycles. The molecule has 0 bridgehead atoms. The highest BCUT2D eigenvalue weighted by molar-refractivity contribution is 6.30. The molecule has 0 spiro atoms. The maximum atomic E-state index is 13.6. The second kappa shape index (κ2) is 9.37. The lowest BCUT2D eigenvalue weighted by Gasteiger charge is -2.37. The first kappa shape index (κ1) is 22.4. The van der Waals surface area contributed by atoms with Crippen LogP contribution in [0.2, 0.25) is 5.02 Å². The summed E-state index contributed by atoms with van der Waals surface area (Å²) in [7, 11) is 0. The fourth-order valence-electron chi connectivity index (χ4n) is 4.70. The van der Waals surface area contributed by atoms with Crippen LogP contribution in [0.3, 0.4) is 0 Å². The minimum Gasteiger partial charge on any atom is -0.481 e. The summed E-state index contributed by atoms with van der Waals surface area (Å²) in [6.07, 6.45) is 3.33. The molecule has 1 aromatic heterocycles. The molecular weight excluding hydrogens is 426 g/mol. The summed E-state index contributed by atoms with van der Waals surface area (Å²) in [4.78, 5) is 26.8. The lowest BCUT2D eigenvalue weighted by molar-refractivity contribution is -0.143. The maximum Gasteiger partial charge on any atom is 0.306 e. The number of carboxylic acids is 1. The third-order valence-corrected chi connectivity index (χ3v) is 6.71. The van der Waals surface area contributed by atoms with Crippen LogP contribution in [0.5, 0.6) is 0 Å². The molecule has 3 aromatic rings. The fraction of sp³-hybridized carbons (Fsp3) is 0.385. The zero-order chi connectivity index (χ0) is 22.8. The summed E-state index contributed by atoms with van der Waals surface area (Å²) >= 11 is 6.02. The number of piperidine rings is 1. The minimum absolute atomic E-state index is 0.0929. The number of furan rings is 1. The Bertz CT molecular complexity index is 1130. The lowest BCUT2D eigenvalue weighted by atomic mass is 9.89. The van der Waals surface area contributed by atoms with Gasteiger partial charge in [0.05, 0.1) is 5.92 Å². The van der Waals surface area contributed by atoms with Crippen molar-refractivity contribution in [3.8, 4) is 11.1 Å². The Kier molecular flexibility index (Phi) is 6.56. The molecular formula is C26H28ClNO4. The van der Waals surface area contributed by atoms with Gasteiger partial charge >= 0.3 is 5.97 Å². The number of benzene rings is 2. The standard InChI is InChI=1S/C26H28ClNO4/c1-3-5-22-21-11-8-17(16-6-9-19(27)10-7-16)15-23(21)32-24(22)25(29)28-13-12-18(26(30)31)14-20(28)4-2/h6-11,15,18,20H,3-5,12-14H2,1-2H3,(H,30,31). The van der Waals surface area contributed by atoms with E-state index in [0.29, 0.717) is 35.8 Å². The van der Waals surface area contributed by atoms with E-state index in [-0.39, 0.29) is 11.9 Å². The van der Waals surface area contributed by atoms with E-state index in [9.17, 15) is 14.7 Å². The molecule has 5 nitrogen and oxygen atoms in total. The summed E-state index contributed by atoms with van der Waals surface area (Å²) < 4.78 is 6.19. The van der Waals surface area contributed by atoms with Gasteiger partial charge in [-0.2, -0.15) is 0 Å². The molecule has 2 unspecified atom stereocenters. The Labute approximate surface area is 193 Å². The molecule has 0 radical (unpaired) electrons. The number of hydrogen-bond donors (Lipinski definition) is 1. The Morgan fingerprint density at radius 3 is 2.50 bits per heavy atom. The lowest BCUT2D eigenvalue weighted by Crippen LogP contribution is -2.47. The van der Waals surface area contributed by atoms with Crippen molar-refractivity contribution in [1.82, 2.24) is 4.90 Å². The van der Waals surface area contributed by atoms with E-state index in [1.807, 2.05) is 54.3 Å². The van der Waals surface area contributed by atoms with E-state index < -0.39 is 11.9 Å². The zero-order valence-electron chi connectivity index (χ0n) is 18.4. The normalized spacial score (nSPS) is 18.8. The summed E-state index contributed by atoms with van der Waals surface area (Å²) in [5, 5.41) is 11.1. The molecule has 1 amide bonds. The van der Waals surface area contributed by atoms with Crippen LogP contribution >= 0.6 is 11.6 Å². The number of aliphatic carboxylic acids is 1. The molecule has 168 valence electrons. The summed E-state index contributed by atoms with van der Waals surface area (Å²) in [5.74, 6) is -0.909. The first-order valence-electron chi connectivity index (χ1n) is 11.3. The molecule has 2 atom stereocenters. The van der Waals surface area contributed by atoms with Gasteiger partial charge in [0.15, 0.2) is 5.76 Å². The largest absolute Gasteiger partial charge is 0.481 e. The first-order valence-corrected chi connectivity index (χ1v) is 11.7. The first-order chi connectivity index (χ1) is 15.4. The van der Waals surface area contributed by atoms with Crippen LogP contribution in [-0.4, -0.2) is 34.5 Å². The highest BCUT2D eigenvalue weighted by Gasteiger charge is 2.36. The molecule has 0 saturated carbocycles. The van der Waals surface area contributed by atoms with Gasteiger partial charge in [0.2, 0.25) is 0 Å². The number of carboxylic acid groups (broad SMARTS) is 1. The highest BCUT2D eigenvalue weighted by Crippen LogP contribution is 2.34. The average molecular weight is 454 g/mol. The molecule has 32 heavy (non-hydrogen) atoms. The van der Waals surface area contributed by atoms with Crippen LogP contribution in [0.15, 0.2) is 46.9 Å². The van der Waals surface area contributed by atoms with E-state index >= 15 is 0 Å². The van der Waals surface area contributed by atoms with Crippen molar-refractivity contribution in [2.45, 2.75) is 52.0 Å². The molecule has 4 rings (SSSR count). The van der Waals surface area contributed by atoms with E-state index in [2.05, 4.69) is 6.92 Å². The Hall–Kier alpha value is -2.79. The van der Waals surface area contributed by atoms with Gasteiger partial charge in [0, 0.05) is 28.6 Å². The SMILES string of the molecule is CCCc1c(C(=O)N2CCC(C(=O)O)CC2CC)oc2cc(-c3ccc(Cl)cc3)ccc12. The van der Waals surface area contributed by atoms with Crippen molar-refractivity contribution in [2.75, 3.05) is 6.54 Å². The van der Waals surface area contributed by atoms with Crippen LogP contribution in [0, 0.1) is 5.92 Å². The fourth-order valence-corrected chi connectivity index (χ4v) is 4.83. The number of amides is 1. The summed E-state index contributed by atoms with van der Waals surface area (Å²) in [6, 6.07) is 13.6. The number of hydrogen-bond acceptors (Lipinski definition) is 3. The van der Waals surface area contributed by atoms with Gasteiger partial charge < -0.3 is 14.4 Å². The van der Waals surface area contributed by atoms with E-state index in [4.69, 9.17) is 16.0 Å². The predicted molar refractivity (Wildman–Crippen MR) is 126 cm³/mol. The number of rotatable bonds is 6. The van der Waals surface area contributed by atoms with Crippen molar-refractivity contribution in [3.05, 3.63) is 58.8 Å². The number of likely N-dealkylation sites (tertiary alicyclic amines) is 1. The number of carbonyl (C=O) groups excluding carboxylic acids is 1. The second-order valence-electron chi connectivity index (χ2n) is 8.50. The number of aryl methyl sites for hydroxylation is 1. The number of fused-ring (bicyclic) bond motifs is 1. The summed E-state index contributed by atoms with van der Waals surface area (Å²) in [5.41, 5.74) is 3.65. The minimum atomic E-state index is -0.777. The maximum absolute atomic E-state index is 13.6. The van der Waals surface area contributed by atoms with Gasteiger partial charge in [-0.05, 0) is 55.0 Å². The van der Waals surface area contributed by atoms with Gasteiger partial charge in [-0.15, -0.1) is 0 Å². The second-order valence-corrected chi connectivity index (χ2v) is 8.93. The molecule has 1 fully saturated rings. The third-order valence-electron chi connectivity index (χ3n) is 6.46. The van der Waals surface area contributed by atoms with Crippen molar-refractivity contribution in [2.24, 2.45) is 5.92 Å². The van der Waals surface area contributed by atoms with Crippen LogP contribution in [-0.2, 0) is 11.2 Å². The van der Waals surface area contributed by atoms with Gasteiger partial charge in [0.25, 0.3) is 5.91 Å². The quantitative estimate of drug-likeness (QED) is 0.467. The third kappa shape index (κ3) is 4.26. The molecule has 6 heteroatoms. The predicted octanol–water partition coefficient (Wildman–Crippen LogP) is 6.42. The van der Waals surface area contributed by atoms with E-state index in [1.54, 1.807) is 0 Å². The van der Waals surface area contributed by atoms with Crippen LogP contribution in [0.25, 0.3) is 22.1 Å². The average Bonchev–Trinajstić information content (AvgIpc) is 3.16. The monoisotopic (exact) mass is 453 g/mol. The van der Waals surface area contributed by atoms with Crippen LogP contribution < -0.4 is 0 Å². The van der Waals surface area contributed by atoms with Gasteiger partial charge in [-0.1, -0.05) is 56.1 Å². The Balaban J connectivity index is 1.70. The van der Waals surface area contributed by atoms with Crippen molar-refractivity contribution in [3.63, 3.8) is 0 Å². The number of halogens is 1. The number of nitrogens with zero attached hydrogens (tertiary/aromatic N) is 1. The smallest absolute Gasteiger partial charge is 0.306 e. The van der Waals surface area contributed by atoms with Gasteiger partial charge in [-0.25, -0.2) is 0 Å². The summed E-state index contributed by atoms with van der Waals surface area (Å²) in [6.45, 7) is 4.52. The van der Waals surface area contributed by atoms with E-state index in [1.165, 1.54) is 0 Å². The molecule has 1 aliphatic rings. The van der Waals surface area contributed by atoms with Crippen LogP contribution in [0.1, 0.15) is 55.6 Å². The topological polar surface area (TPSA) is 70.8 Å². The number of carbonyl (C=O) groups is 2. The Morgan fingerprint density at radius 2 is 1.84 bits per heavy atom. The van der Waals surface area contributed by atoms with Crippen molar-refractivity contribution < 1.29 is 19.1 Å². The van der Waals surface area contributed by atoms with Crippen molar-refractivity contribution >= 4 is 34.4 Å². The molecule has 0 aliphatic carbocycles. The molecule has 1 saturated heterocycles. The van der Waals surface area contributed by atoms with Gasteiger partial charge in [-0.3, -0.25) is 9.59 Å². The van der Waals surface area contributed by atoms with E-state index in [0.717, 1.165) is 41.3 Å². The molecule has 1 aliphatic heterocycles. The van der Waals surface area contributed by atoms with Crippen LogP contribution in [0.4, 0.5) is 0 Å². The van der Waals surface area contributed by atoms with Crippen molar-refractivity contribution in [1.29, 1.82) is 0 Å². The molecule has 1 N–H and O–H groups in total. The highest BCUT2D eigenvalue weighted by atomic mass is 35.5.